The van der Waals surface area contributed by atoms with Crippen LogP contribution in [-0.2, 0) is 14.3 Å². The molecule has 0 amide bonds. The molecule has 4 N–H and O–H groups in total. The average Bonchev–Trinajstić information content (AvgIpc) is 2.71. The number of fused-ring (bicyclic) bond motifs is 1. The molecular weight excluding hydrogens is 412 g/mol. The van der Waals surface area contributed by atoms with Gasteiger partial charge in [0.1, 0.15) is 22.5 Å². The highest BCUT2D eigenvalue weighted by atomic mass is 16.8. The van der Waals surface area contributed by atoms with Crippen LogP contribution >= 0.6 is 0 Å². The molecule has 0 aliphatic carbocycles. The number of hydrogen-bond acceptors (Lipinski definition) is 10. The third-order valence-electron chi connectivity index (χ3n) is 4.33. The highest BCUT2D eigenvalue weighted by Gasteiger charge is 2.31. The highest BCUT2D eigenvalue weighted by Crippen LogP contribution is 2.42. The lowest BCUT2D eigenvalue weighted by atomic mass is 10.1. The smallest absolute Gasteiger partial charge is 0.302 e. The summed E-state index contributed by atoms with van der Waals surface area (Å²) >= 11 is 0. The number of aliphatic hydroxyl groups is 1. The number of aromatic hydroxyl groups is 3. The second kappa shape index (κ2) is 8.94. The third-order valence-corrected chi connectivity index (χ3v) is 4.33. The number of ether oxygens (including phenoxy) is 3. The Morgan fingerprint density at radius 3 is 2.26 bits per heavy atom. The Labute approximate surface area is 175 Å². The van der Waals surface area contributed by atoms with E-state index >= 15 is 0 Å². The number of methoxy groups -OCH3 is 1. The summed E-state index contributed by atoms with van der Waals surface area (Å²) in [6.45, 7) is 1.36. The molecule has 0 radical (unpaired) electrons. The summed E-state index contributed by atoms with van der Waals surface area (Å²) in [6.07, 6.45) is -1.51. The van der Waals surface area contributed by atoms with Crippen LogP contribution in [-0.4, -0.2) is 46.1 Å². The standard InChI is InChI=1S/C18H14O8.C3H6O2/c19-9-3-1-8(2-4-9)11-5-10(20)16-12(24-11)6-13(17(22)18(16)23)25-15-7-14(21)26-15;1-3(4)5-2/h1-6,14-15,19,21-23H,7H2;1-2H3. The fourth-order valence-electron chi connectivity index (χ4n) is 2.67. The topological polar surface area (TPSA) is 156 Å². The van der Waals surface area contributed by atoms with Crippen molar-refractivity contribution in [3.05, 3.63) is 46.6 Å². The summed E-state index contributed by atoms with van der Waals surface area (Å²) in [5.74, 6) is -1.38. The van der Waals surface area contributed by atoms with Crippen molar-refractivity contribution in [2.24, 2.45) is 0 Å². The van der Waals surface area contributed by atoms with Gasteiger partial charge in [0.15, 0.2) is 23.2 Å². The Balaban J connectivity index is 0.000000491. The largest absolute Gasteiger partial charge is 0.508 e. The Hall–Kier alpha value is -3.76. The molecule has 0 saturated carbocycles. The molecule has 1 saturated heterocycles. The minimum absolute atomic E-state index is 0.00532. The van der Waals surface area contributed by atoms with Gasteiger partial charge in [-0.05, 0) is 24.3 Å². The third kappa shape index (κ3) is 4.87. The van der Waals surface area contributed by atoms with Gasteiger partial charge in [0.25, 0.3) is 0 Å². The zero-order chi connectivity index (χ0) is 22.7. The Morgan fingerprint density at radius 2 is 1.71 bits per heavy atom. The summed E-state index contributed by atoms with van der Waals surface area (Å²) in [5.41, 5.74) is -0.00276. The number of phenols is 3. The Bertz CT molecular complexity index is 1140. The summed E-state index contributed by atoms with van der Waals surface area (Å²) in [6, 6.07) is 8.48. The van der Waals surface area contributed by atoms with E-state index in [2.05, 4.69) is 4.74 Å². The molecule has 1 aromatic heterocycles. The van der Waals surface area contributed by atoms with Crippen molar-refractivity contribution >= 4 is 16.9 Å². The van der Waals surface area contributed by atoms with Gasteiger partial charge < -0.3 is 39.1 Å². The molecule has 2 aromatic carbocycles. The van der Waals surface area contributed by atoms with E-state index in [0.29, 0.717) is 5.56 Å². The molecule has 2 unspecified atom stereocenters. The van der Waals surface area contributed by atoms with Gasteiger partial charge in [0.2, 0.25) is 12.0 Å². The van der Waals surface area contributed by atoms with Crippen LogP contribution in [0, 0.1) is 0 Å². The van der Waals surface area contributed by atoms with Crippen LogP contribution in [0.15, 0.2) is 45.6 Å². The molecule has 4 rings (SSSR count). The van der Waals surface area contributed by atoms with Gasteiger partial charge in [-0.3, -0.25) is 9.59 Å². The minimum atomic E-state index is -0.935. The summed E-state index contributed by atoms with van der Waals surface area (Å²) in [4.78, 5) is 22.0. The number of carbonyl (C=O) groups is 1. The number of rotatable bonds is 3. The quantitative estimate of drug-likeness (QED) is 0.357. The second-order valence-electron chi connectivity index (χ2n) is 6.54. The maximum absolute atomic E-state index is 12.4. The molecular formula is C21H20O10. The van der Waals surface area contributed by atoms with Crippen molar-refractivity contribution in [3.63, 3.8) is 0 Å². The molecule has 2 atom stereocenters. The van der Waals surface area contributed by atoms with Crippen LogP contribution in [0.25, 0.3) is 22.3 Å². The van der Waals surface area contributed by atoms with E-state index in [4.69, 9.17) is 19.0 Å². The number of esters is 1. The summed E-state index contributed by atoms with van der Waals surface area (Å²) in [7, 11) is 1.35. The molecule has 3 aromatic rings. The van der Waals surface area contributed by atoms with Crippen molar-refractivity contribution in [1.29, 1.82) is 0 Å². The molecule has 0 spiro atoms. The van der Waals surface area contributed by atoms with Crippen LogP contribution in [0.5, 0.6) is 23.0 Å². The number of benzene rings is 2. The molecule has 31 heavy (non-hydrogen) atoms. The van der Waals surface area contributed by atoms with E-state index in [1.807, 2.05) is 0 Å². The van der Waals surface area contributed by atoms with Gasteiger partial charge in [-0.15, -0.1) is 0 Å². The zero-order valence-electron chi connectivity index (χ0n) is 16.6. The van der Waals surface area contributed by atoms with Crippen LogP contribution in [0.1, 0.15) is 13.3 Å². The van der Waals surface area contributed by atoms with Gasteiger partial charge in [-0.1, -0.05) is 0 Å². The van der Waals surface area contributed by atoms with Crippen molar-refractivity contribution in [1.82, 2.24) is 0 Å². The van der Waals surface area contributed by atoms with E-state index in [9.17, 15) is 24.9 Å². The van der Waals surface area contributed by atoms with Crippen molar-refractivity contribution in [2.45, 2.75) is 25.9 Å². The van der Waals surface area contributed by atoms with Gasteiger partial charge in [-0.2, -0.15) is 0 Å². The molecule has 2 heterocycles. The molecule has 1 fully saturated rings. The van der Waals surface area contributed by atoms with Crippen molar-refractivity contribution < 1.29 is 43.8 Å². The molecule has 10 nitrogen and oxygen atoms in total. The molecule has 1 aliphatic rings. The van der Waals surface area contributed by atoms with Crippen molar-refractivity contribution in [3.8, 4) is 34.3 Å². The summed E-state index contributed by atoms with van der Waals surface area (Å²) < 4.78 is 20.0. The van der Waals surface area contributed by atoms with Crippen LogP contribution in [0.2, 0.25) is 0 Å². The van der Waals surface area contributed by atoms with Crippen molar-refractivity contribution in [2.75, 3.05) is 7.11 Å². The lowest BCUT2D eigenvalue weighted by Gasteiger charge is -2.31. The first kappa shape index (κ1) is 21.9. The number of aliphatic hydroxyl groups excluding tert-OH is 1. The minimum Gasteiger partial charge on any atom is -0.508 e. The zero-order valence-corrected chi connectivity index (χ0v) is 16.6. The molecule has 1 aliphatic heterocycles. The first-order valence-electron chi connectivity index (χ1n) is 9.06. The van der Waals surface area contributed by atoms with E-state index in [1.54, 1.807) is 12.1 Å². The van der Waals surface area contributed by atoms with Crippen LogP contribution < -0.4 is 10.2 Å². The fourth-order valence-corrected chi connectivity index (χ4v) is 2.67. The highest BCUT2D eigenvalue weighted by molar-refractivity contribution is 5.89. The van der Waals surface area contributed by atoms with Crippen LogP contribution in [0.3, 0.4) is 0 Å². The number of carbonyl (C=O) groups excluding carboxylic acids is 1. The lowest BCUT2D eigenvalue weighted by molar-refractivity contribution is -0.293. The fraction of sp³-hybridized carbons (Fsp3) is 0.238. The molecule has 0 bridgehead atoms. The van der Waals surface area contributed by atoms with Gasteiger partial charge in [-0.25, -0.2) is 0 Å². The van der Waals surface area contributed by atoms with E-state index in [-0.39, 0.29) is 40.6 Å². The monoisotopic (exact) mass is 432 g/mol. The maximum atomic E-state index is 12.4. The second-order valence-corrected chi connectivity index (χ2v) is 6.54. The maximum Gasteiger partial charge on any atom is 0.302 e. The van der Waals surface area contributed by atoms with Gasteiger partial charge in [0, 0.05) is 24.6 Å². The Morgan fingerprint density at radius 1 is 1.10 bits per heavy atom. The molecule has 10 heteroatoms. The average molecular weight is 432 g/mol. The van der Waals surface area contributed by atoms with Crippen LogP contribution in [0.4, 0.5) is 0 Å². The van der Waals surface area contributed by atoms with Gasteiger partial charge in [0.05, 0.1) is 13.5 Å². The normalized spacial score (nSPS) is 17.3. The molecule has 164 valence electrons. The SMILES string of the molecule is COC(C)=O.O=c1cc(-c2ccc(O)cc2)oc2cc(OC3CC(O)O3)c(O)c(O)c12. The Kier molecular flexibility index (Phi) is 6.33. The first-order valence-corrected chi connectivity index (χ1v) is 9.06. The predicted molar refractivity (Wildman–Crippen MR) is 107 cm³/mol. The lowest BCUT2D eigenvalue weighted by Crippen LogP contribution is -2.40. The van der Waals surface area contributed by atoms with E-state index < -0.39 is 29.5 Å². The van der Waals surface area contributed by atoms with Gasteiger partial charge >= 0.3 is 5.97 Å². The number of hydrogen-bond donors (Lipinski definition) is 4. The summed E-state index contributed by atoms with van der Waals surface area (Å²) in [5, 5.41) is 38.5. The predicted octanol–water partition coefficient (Wildman–Crippen LogP) is 2.20. The number of phenolic OH excluding ortho intramolecular Hbond substituents is 3. The first-order chi connectivity index (χ1) is 14.7. The van der Waals surface area contributed by atoms with E-state index in [0.717, 1.165) is 0 Å². The van der Waals surface area contributed by atoms with E-state index in [1.165, 1.54) is 38.3 Å².